The van der Waals surface area contributed by atoms with Crippen molar-refractivity contribution in [2.75, 3.05) is 5.32 Å². The number of nitrogens with zero attached hydrogens (tertiary/aromatic N) is 2. The van der Waals surface area contributed by atoms with Crippen molar-refractivity contribution in [3.05, 3.63) is 46.2 Å². The van der Waals surface area contributed by atoms with Gasteiger partial charge in [0.1, 0.15) is 5.15 Å². The molecule has 0 bridgehead atoms. The molecular weight excluding hydrogens is 277 g/mol. The monoisotopic (exact) mass is 282 g/mol. The highest BCUT2D eigenvalue weighted by Gasteiger charge is 2.02. The van der Waals surface area contributed by atoms with Gasteiger partial charge in [0.2, 0.25) is 5.95 Å². The van der Waals surface area contributed by atoms with Gasteiger partial charge in [0.25, 0.3) is 0 Å². The van der Waals surface area contributed by atoms with E-state index in [1.165, 1.54) is 0 Å². The maximum atomic E-state index is 5.83. The lowest BCUT2D eigenvalue weighted by Crippen LogP contribution is -1.96. The second-order valence-corrected chi connectivity index (χ2v) is 3.96. The van der Waals surface area contributed by atoms with E-state index in [0.29, 0.717) is 15.6 Å². The van der Waals surface area contributed by atoms with Crippen LogP contribution < -0.4 is 5.32 Å². The van der Waals surface area contributed by atoms with Crippen LogP contribution in [0.2, 0.25) is 5.15 Å². The van der Waals surface area contributed by atoms with Gasteiger partial charge in [0, 0.05) is 11.9 Å². The molecule has 0 aliphatic carbocycles. The number of rotatable bonds is 2. The maximum Gasteiger partial charge on any atom is 0.228 e. The molecule has 1 radical (unpaired) electrons. The summed E-state index contributed by atoms with van der Waals surface area (Å²) in [6.45, 7) is 0. The summed E-state index contributed by atoms with van der Waals surface area (Å²) in [5, 5.41) is 3.40. The van der Waals surface area contributed by atoms with Gasteiger partial charge in [-0.2, -0.15) is 4.98 Å². The molecule has 0 saturated heterocycles. The molecule has 0 aliphatic rings. The molecule has 1 heterocycles. The first-order chi connectivity index (χ1) is 7.25. The van der Waals surface area contributed by atoms with E-state index in [2.05, 4.69) is 37.3 Å². The molecule has 0 amide bonds. The standard InChI is InChI=1S/C10H6BrClN3/c11-8-6-13-10(15-9(8)12)14-7-4-2-1-3-5-7/h1-2,4-6H,(H,13,14,15). The molecule has 75 valence electrons. The van der Waals surface area contributed by atoms with E-state index >= 15 is 0 Å². The second kappa shape index (κ2) is 4.59. The van der Waals surface area contributed by atoms with Crippen LogP contribution in [0, 0.1) is 6.07 Å². The predicted molar refractivity (Wildman–Crippen MR) is 63.3 cm³/mol. The summed E-state index contributed by atoms with van der Waals surface area (Å²) in [7, 11) is 0. The van der Waals surface area contributed by atoms with Crippen LogP contribution in [0.5, 0.6) is 0 Å². The molecule has 0 spiro atoms. The molecule has 0 unspecified atom stereocenters. The first-order valence-electron chi connectivity index (χ1n) is 4.17. The minimum Gasteiger partial charge on any atom is -0.324 e. The Labute approximate surface area is 101 Å². The van der Waals surface area contributed by atoms with Gasteiger partial charge in [-0.25, -0.2) is 4.98 Å². The first kappa shape index (κ1) is 10.4. The van der Waals surface area contributed by atoms with Gasteiger partial charge in [0.15, 0.2) is 0 Å². The lowest BCUT2D eigenvalue weighted by molar-refractivity contribution is 1.15. The number of hydrogen-bond donors (Lipinski definition) is 1. The largest absolute Gasteiger partial charge is 0.324 e. The molecule has 0 atom stereocenters. The number of nitrogens with one attached hydrogen (secondary N) is 1. The highest BCUT2D eigenvalue weighted by Crippen LogP contribution is 2.21. The predicted octanol–water partition coefficient (Wildman–Crippen LogP) is 3.44. The van der Waals surface area contributed by atoms with E-state index in [9.17, 15) is 0 Å². The molecule has 1 aromatic carbocycles. The third-order valence-corrected chi connectivity index (χ3v) is 2.76. The van der Waals surface area contributed by atoms with Crippen molar-refractivity contribution in [3.63, 3.8) is 0 Å². The van der Waals surface area contributed by atoms with Crippen molar-refractivity contribution in [3.8, 4) is 0 Å². The van der Waals surface area contributed by atoms with E-state index in [-0.39, 0.29) is 0 Å². The maximum absolute atomic E-state index is 5.83. The zero-order valence-electron chi connectivity index (χ0n) is 7.54. The molecule has 3 nitrogen and oxygen atoms in total. The van der Waals surface area contributed by atoms with Crippen molar-refractivity contribution >= 4 is 39.2 Å². The molecule has 2 rings (SSSR count). The molecule has 15 heavy (non-hydrogen) atoms. The molecule has 1 aromatic heterocycles. The van der Waals surface area contributed by atoms with Crippen LogP contribution >= 0.6 is 27.5 Å². The van der Waals surface area contributed by atoms with Gasteiger partial charge in [-0.1, -0.05) is 23.7 Å². The third-order valence-electron chi connectivity index (χ3n) is 1.66. The minimum atomic E-state index is 0.382. The van der Waals surface area contributed by atoms with Gasteiger partial charge >= 0.3 is 0 Å². The topological polar surface area (TPSA) is 37.8 Å². The van der Waals surface area contributed by atoms with Gasteiger partial charge in [-0.05, 0) is 34.1 Å². The van der Waals surface area contributed by atoms with Crippen molar-refractivity contribution < 1.29 is 0 Å². The van der Waals surface area contributed by atoms with E-state index in [0.717, 1.165) is 5.69 Å². The summed E-state index contributed by atoms with van der Waals surface area (Å²) in [4.78, 5) is 8.12. The normalized spacial score (nSPS) is 10.0. The molecule has 5 heteroatoms. The van der Waals surface area contributed by atoms with Crippen molar-refractivity contribution in [2.24, 2.45) is 0 Å². The summed E-state index contributed by atoms with van der Waals surface area (Å²) in [5.74, 6) is 0.461. The van der Waals surface area contributed by atoms with Gasteiger partial charge in [-0.15, -0.1) is 0 Å². The van der Waals surface area contributed by atoms with Crippen LogP contribution in [0.15, 0.2) is 34.9 Å². The molecule has 0 saturated carbocycles. The third kappa shape index (κ3) is 2.67. The number of benzene rings is 1. The van der Waals surface area contributed by atoms with Gasteiger partial charge in [0.05, 0.1) is 4.47 Å². The smallest absolute Gasteiger partial charge is 0.228 e. The van der Waals surface area contributed by atoms with E-state index < -0.39 is 0 Å². The fourth-order valence-electron chi connectivity index (χ4n) is 1.01. The van der Waals surface area contributed by atoms with Crippen molar-refractivity contribution in [2.45, 2.75) is 0 Å². The zero-order valence-corrected chi connectivity index (χ0v) is 9.88. The highest BCUT2D eigenvalue weighted by molar-refractivity contribution is 9.10. The molecular formula is C10H6BrClN3. The summed E-state index contributed by atoms with van der Waals surface area (Å²) < 4.78 is 0.675. The average Bonchev–Trinajstić information content (AvgIpc) is 2.25. The SMILES string of the molecule is Clc1nc(Nc2c[c]ccc2)ncc1Br. The van der Waals surface area contributed by atoms with Crippen LogP contribution in [0.25, 0.3) is 0 Å². The zero-order chi connectivity index (χ0) is 10.7. The quantitative estimate of drug-likeness (QED) is 0.858. The van der Waals surface area contributed by atoms with Crippen molar-refractivity contribution in [1.82, 2.24) is 9.97 Å². The Hall–Kier alpha value is -1.13. The number of hydrogen-bond acceptors (Lipinski definition) is 3. The Morgan fingerprint density at radius 2 is 2.33 bits per heavy atom. The second-order valence-electron chi connectivity index (χ2n) is 2.75. The van der Waals surface area contributed by atoms with Gasteiger partial charge in [-0.3, -0.25) is 0 Å². The number of aromatic nitrogens is 2. The van der Waals surface area contributed by atoms with Crippen LogP contribution in [-0.2, 0) is 0 Å². The molecule has 0 aliphatic heterocycles. The summed E-state index contributed by atoms with van der Waals surface area (Å²) >= 11 is 9.06. The number of halogens is 2. The van der Waals surface area contributed by atoms with E-state index in [1.807, 2.05) is 18.2 Å². The van der Waals surface area contributed by atoms with Crippen LogP contribution in [0.4, 0.5) is 11.6 Å². The molecule has 0 fully saturated rings. The Morgan fingerprint density at radius 3 is 3.00 bits per heavy atom. The summed E-state index contributed by atoms with van der Waals surface area (Å²) in [5.41, 5.74) is 0.871. The van der Waals surface area contributed by atoms with E-state index in [1.54, 1.807) is 12.3 Å². The Kier molecular flexibility index (Phi) is 3.18. The first-order valence-corrected chi connectivity index (χ1v) is 5.34. The summed E-state index contributed by atoms with van der Waals surface area (Å²) in [6.07, 6.45) is 1.60. The highest BCUT2D eigenvalue weighted by atomic mass is 79.9. The Morgan fingerprint density at radius 1 is 1.47 bits per heavy atom. The fourth-order valence-corrected chi connectivity index (χ4v) is 1.33. The Bertz CT molecular complexity index is 461. The lowest BCUT2D eigenvalue weighted by atomic mass is 10.3. The van der Waals surface area contributed by atoms with Crippen molar-refractivity contribution in [1.29, 1.82) is 0 Å². The molecule has 1 N–H and O–H groups in total. The van der Waals surface area contributed by atoms with E-state index in [4.69, 9.17) is 11.6 Å². The van der Waals surface area contributed by atoms with Crippen LogP contribution in [0.1, 0.15) is 0 Å². The lowest BCUT2D eigenvalue weighted by Gasteiger charge is -2.04. The van der Waals surface area contributed by atoms with Crippen LogP contribution in [-0.4, -0.2) is 9.97 Å². The minimum absolute atomic E-state index is 0.382. The number of anilines is 2. The average molecular weight is 284 g/mol. The Balaban J connectivity index is 2.22. The molecule has 2 aromatic rings. The fraction of sp³-hybridized carbons (Fsp3) is 0. The van der Waals surface area contributed by atoms with Crippen LogP contribution in [0.3, 0.4) is 0 Å². The van der Waals surface area contributed by atoms with Gasteiger partial charge < -0.3 is 5.32 Å². The summed E-state index contributed by atoms with van der Waals surface area (Å²) in [6, 6.07) is 10.3.